The number of aliphatic hydroxyl groups is 1. The number of carbonyl (C=O) groups excluding carboxylic acids is 2. The number of aromatic nitrogens is 1. The molecule has 1 aromatic heterocycles. The molecular formula is C26H24N2O4S. The van der Waals surface area contributed by atoms with Crippen LogP contribution in [0, 0.1) is 0 Å². The van der Waals surface area contributed by atoms with Gasteiger partial charge in [0.1, 0.15) is 17.6 Å². The van der Waals surface area contributed by atoms with Crippen LogP contribution in [0.3, 0.4) is 0 Å². The molecule has 0 bridgehead atoms. The Balaban J connectivity index is 1.66. The number of aliphatic hydroxyl groups excluding tert-OH is 1. The lowest BCUT2D eigenvalue weighted by molar-refractivity contribution is -0.132. The molecule has 5 rings (SSSR count). The average Bonchev–Trinajstić information content (AvgIpc) is 3.51. The molecule has 1 fully saturated rings. The van der Waals surface area contributed by atoms with Crippen molar-refractivity contribution in [1.82, 2.24) is 4.98 Å². The monoisotopic (exact) mass is 460 g/mol. The second kappa shape index (κ2) is 8.15. The molecule has 2 atom stereocenters. The predicted octanol–water partition coefficient (Wildman–Crippen LogP) is 5.22. The fourth-order valence-electron chi connectivity index (χ4n) is 4.47. The van der Waals surface area contributed by atoms with Gasteiger partial charge in [-0.1, -0.05) is 38.1 Å². The number of amides is 1. The second-order valence-electron chi connectivity index (χ2n) is 8.76. The zero-order chi connectivity index (χ0) is 23.3. The van der Waals surface area contributed by atoms with E-state index in [0.29, 0.717) is 16.6 Å². The summed E-state index contributed by atoms with van der Waals surface area (Å²) in [6, 6.07) is 12.4. The third-order valence-corrected chi connectivity index (χ3v) is 6.93. The number of Topliss-reactive ketones (excluding diaryl/α,β-unsaturated/α-hetero) is 1. The van der Waals surface area contributed by atoms with E-state index in [1.165, 1.54) is 16.2 Å². The summed E-state index contributed by atoms with van der Waals surface area (Å²) in [4.78, 5) is 32.0. The number of ketones is 1. The van der Waals surface area contributed by atoms with Gasteiger partial charge >= 0.3 is 5.91 Å². The highest BCUT2D eigenvalue weighted by Crippen LogP contribution is 2.43. The summed E-state index contributed by atoms with van der Waals surface area (Å²) in [5, 5.41) is 13.5. The van der Waals surface area contributed by atoms with Crippen LogP contribution < -0.4 is 9.64 Å². The lowest BCUT2D eigenvalue weighted by Gasteiger charge is -2.23. The smallest absolute Gasteiger partial charge is 0.301 e. The molecule has 33 heavy (non-hydrogen) atoms. The van der Waals surface area contributed by atoms with Crippen LogP contribution in [-0.2, 0) is 16.0 Å². The van der Waals surface area contributed by atoms with Crippen LogP contribution in [0.15, 0.2) is 59.6 Å². The molecule has 6 nitrogen and oxygen atoms in total. The van der Waals surface area contributed by atoms with Crippen molar-refractivity contribution in [2.24, 2.45) is 0 Å². The fourth-order valence-corrected chi connectivity index (χ4v) is 5.14. The third kappa shape index (κ3) is 3.62. The van der Waals surface area contributed by atoms with Crippen LogP contribution in [-0.4, -0.2) is 27.9 Å². The second-order valence-corrected chi connectivity index (χ2v) is 9.63. The Hall–Kier alpha value is -3.45. The zero-order valence-corrected chi connectivity index (χ0v) is 19.4. The number of rotatable bonds is 4. The number of anilines is 1. The highest BCUT2D eigenvalue weighted by atomic mass is 32.1. The molecule has 0 aliphatic carbocycles. The van der Waals surface area contributed by atoms with Gasteiger partial charge in [0.2, 0.25) is 0 Å². The van der Waals surface area contributed by atoms with E-state index >= 15 is 0 Å². The molecule has 1 saturated heterocycles. The number of ether oxygens (including phenoxy) is 1. The molecule has 0 unspecified atom stereocenters. The van der Waals surface area contributed by atoms with Crippen molar-refractivity contribution in [1.29, 1.82) is 0 Å². The quantitative estimate of drug-likeness (QED) is 0.328. The molecule has 0 spiro atoms. The van der Waals surface area contributed by atoms with Crippen molar-refractivity contribution in [2.75, 3.05) is 4.90 Å². The highest BCUT2D eigenvalue weighted by Gasteiger charge is 2.48. The summed E-state index contributed by atoms with van der Waals surface area (Å²) in [6.45, 7) is 6.20. The van der Waals surface area contributed by atoms with E-state index in [9.17, 15) is 14.7 Å². The van der Waals surface area contributed by atoms with Crippen LogP contribution in [0.2, 0.25) is 0 Å². The van der Waals surface area contributed by atoms with E-state index in [4.69, 9.17) is 4.74 Å². The minimum atomic E-state index is -0.763. The fraction of sp³-hybridized carbons (Fsp3) is 0.269. The van der Waals surface area contributed by atoms with Crippen molar-refractivity contribution in [3.63, 3.8) is 0 Å². The topological polar surface area (TPSA) is 79.7 Å². The van der Waals surface area contributed by atoms with E-state index in [0.717, 1.165) is 28.9 Å². The third-order valence-electron chi connectivity index (χ3n) is 6.16. The maximum atomic E-state index is 13.2. The van der Waals surface area contributed by atoms with Gasteiger partial charge in [0.05, 0.1) is 11.6 Å². The maximum Gasteiger partial charge on any atom is 0.301 e. The van der Waals surface area contributed by atoms with E-state index in [-0.39, 0.29) is 17.4 Å². The van der Waals surface area contributed by atoms with Crippen LogP contribution in [0.4, 0.5) is 5.13 Å². The van der Waals surface area contributed by atoms with Crippen LogP contribution >= 0.6 is 11.3 Å². The Morgan fingerprint density at radius 1 is 1.18 bits per heavy atom. The van der Waals surface area contributed by atoms with Crippen molar-refractivity contribution in [3.05, 3.63) is 81.9 Å². The number of benzene rings is 2. The molecule has 2 aromatic carbocycles. The van der Waals surface area contributed by atoms with E-state index in [1.807, 2.05) is 37.3 Å². The number of hydrogen-bond donors (Lipinski definition) is 1. The van der Waals surface area contributed by atoms with Crippen molar-refractivity contribution >= 4 is 33.9 Å². The molecule has 7 heteroatoms. The van der Waals surface area contributed by atoms with Gasteiger partial charge in [-0.25, -0.2) is 4.98 Å². The Kier molecular flexibility index (Phi) is 5.29. The van der Waals surface area contributed by atoms with Crippen LogP contribution in [0.1, 0.15) is 55.0 Å². The molecule has 0 saturated carbocycles. The molecular weight excluding hydrogens is 436 g/mol. The first-order valence-electron chi connectivity index (χ1n) is 11.0. The normalized spacial score (nSPS) is 21.5. The first kappa shape index (κ1) is 21.4. The molecule has 0 radical (unpaired) electrons. The Morgan fingerprint density at radius 3 is 2.61 bits per heavy atom. The maximum absolute atomic E-state index is 13.2. The van der Waals surface area contributed by atoms with Crippen LogP contribution in [0.25, 0.3) is 5.76 Å². The number of thiazole rings is 1. The van der Waals surface area contributed by atoms with E-state index in [1.54, 1.807) is 23.7 Å². The molecule has 1 N–H and O–H groups in total. The molecule has 2 aliphatic rings. The van der Waals surface area contributed by atoms with Crippen molar-refractivity contribution in [3.8, 4) is 5.75 Å². The first-order chi connectivity index (χ1) is 15.8. The highest BCUT2D eigenvalue weighted by molar-refractivity contribution is 7.14. The van der Waals surface area contributed by atoms with Gasteiger partial charge in [0.25, 0.3) is 5.78 Å². The minimum Gasteiger partial charge on any atom is -0.507 e. The average molecular weight is 461 g/mol. The van der Waals surface area contributed by atoms with Gasteiger partial charge in [-0.3, -0.25) is 14.5 Å². The summed E-state index contributed by atoms with van der Waals surface area (Å²) in [5.74, 6) is -0.468. The first-order valence-corrected chi connectivity index (χ1v) is 11.8. The summed E-state index contributed by atoms with van der Waals surface area (Å²) in [6.07, 6.45) is 2.39. The van der Waals surface area contributed by atoms with Crippen molar-refractivity contribution in [2.45, 2.75) is 45.3 Å². The lowest BCUT2D eigenvalue weighted by atomic mass is 9.93. The van der Waals surface area contributed by atoms with Gasteiger partial charge in [0.15, 0.2) is 5.13 Å². The summed E-state index contributed by atoms with van der Waals surface area (Å²) >= 11 is 1.28. The molecule has 2 aliphatic heterocycles. The van der Waals surface area contributed by atoms with Crippen LogP contribution in [0.5, 0.6) is 5.75 Å². The SMILES string of the molecule is CC(C)c1ccc([C@H]2C(=C(O)c3ccc4c(c3)C[C@@H](C)O4)C(=O)C(=O)N2c2nccs2)cc1. The Labute approximate surface area is 196 Å². The summed E-state index contributed by atoms with van der Waals surface area (Å²) in [5.41, 5.74) is 3.43. The predicted molar refractivity (Wildman–Crippen MR) is 128 cm³/mol. The number of carbonyl (C=O) groups is 2. The number of fused-ring (bicyclic) bond motifs is 1. The van der Waals surface area contributed by atoms with Gasteiger partial charge in [0, 0.05) is 23.6 Å². The molecule has 3 aromatic rings. The zero-order valence-electron chi connectivity index (χ0n) is 18.6. The summed E-state index contributed by atoms with van der Waals surface area (Å²) in [7, 11) is 0. The number of hydrogen-bond acceptors (Lipinski definition) is 6. The molecule has 3 heterocycles. The van der Waals surface area contributed by atoms with Gasteiger partial charge in [-0.2, -0.15) is 0 Å². The van der Waals surface area contributed by atoms with Crippen molar-refractivity contribution < 1.29 is 19.4 Å². The van der Waals surface area contributed by atoms with Gasteiger partial charge in [-0.15, -0.1) is 11.3 Å². The standard InChI is InChI=1S/C26H24N2O4S/c1-14(2)16-4-6-17(7-5-16)22-21(24(30)25(31)28(22)26-27-10-11-33-26)23(29)18-8-9-20-19(13-18)12-15(3)32-20/h4-11,13-15,22,29H,12H2,1-3H3/t15-,22+/m1/s1. The van der Waals surface area contributed by atoms with E-state index < -0.39 is 17.7 Å². The van der Waals surface area contributed by atoms with E-state index in [2.05, 4.69) is 18.8 Å². The van der Waals surface area contributed by atoms with Gasteiger partial charge in [-0.05, 0) is 47.7 Å². The summed E-state index contributed by atoms with van der Waals surface area (Å²) < 4.78 is 5.76. The minimum absolute atomic E-state index is 0.0624. The molecule has 1 amide bonds. The van der Waals surface area contributed by atoms with Gasteiger partial charge < -0.3 is 9.84 Å². The Bertz CT molecular complexity index is 1260. The lowest BCUT2D eigenvalue weighted by Crippen LogP contribution is -2.29. The largest absolute Gasteiger partial charge is 0.507 e. The molecule has 168 valence electrons. The Morgan fingerprint density at radius 2 is 1.94 bits per heavy atom. The number of nitrogens with zero attached hydrogens (tertiary/aromatic N) is 2.